The molecule has 5 heterocycles. The van der Waals surface area contributed by atoms with Gasteiger partial charge in [0.05, 0.1) is 18.5 Å². The van der Waals surface area contributed by atoms with Crippen LogP contribution in [-0.4, -0.2) is 55.5 Å². The van der Waals surface area contributed by atoms with Crippen molar-refractivity contribution >= 4 is 40.2 Å². The van der Waals surface area contributed by atoms with Crippen molar-refractivity contribution in [3.05, 3.63) is 96.4 Å². The topological polar surface area (TPSA) is 103 Å². The second kappa shape index (κ2) is 12.8. The molecule has 1 aromatic carbocycles. The van der Waals surface area contributed by atoms with E-state index in [4.69, 9.17) is 9.47 Å². The largest absolute Gasteiger partial charge is 0.461 e. The lowest BCUT2D eigenvalue weighted by atomic mass is 9.93. The summed E-state index contributed by atoms with van der Waals surface area (Å²) in [7, 11) is 0. The first-order chi connectivity index (χ1) is 22.5. The normalized spacial score (nSPS) is 14.7. The van der Waals surface area contributed by atoms with Gasteiger partial charge < -0.3 is 14.4 Å². The van der Waals surface area contributed by atoms with Gasteiger partial charge >= 0.3 is 12.1 Å². The number of rotatable bonds is 6. The number of fused-ring (bicyclic) bond motifs is 2. The molecule has 6 rings (SSSR count). The molecule has 47 heavy (non-hydrogen) atoms. The number of alkyl halides is 2. The fourth-order valence-corrected chi connectivity index (χ4v) is 5.56. The second-order valence-electron chi connectivity index (χ2n) is 12.1. The highest BCUT2D eigenvalue weighted by Gasteiger charge is 2.28. The molecule has 0 fully saturated rings. The van der Waals surface area contributed by atoms with E-state index in [9.17, 15) is 18.4 Å². The van der Waals surface area contributed by atoms with E-state index in [-0.39, 0.29) is 17.9 Å². The van der Waals surface area contributed by atoms with Gasteiger partial charge in [0.1, 0.15) is 11.1 Å². The van der Waals surface area contributed by atoms with Gasteiger partial charge in [-0.15, -0.1) is 0 Å². The number of pyridine rings is 2. The third-order valence-corrected chi connectivity index (χ3v) is 7.57. The van der Waals surface area contributed by atoms with Gasteiger partial charge in [0.25, 0.3) is 6.43 Å². The zero-order chi connectivity index (χ0) is 33.3. The number of ether oxygens (including phenoxy) is 2. The van der Waals surface area contributed by atoms with E-state index in [0.29, 0.717) is 52.2 Å². The SMILES string of the molecule is CCOC(=O)c1cc2cccnc2c(N2CCCc3cc(-c4cnn(C5=CN(C(=O)OC(C)(C)C)C=CC=C5)c4)c(C(F)F)cc32)n1. The highest BCUT2D eigenvalue weighted by atomic mass is 19.3. The Hall–Kier alpha value is -5.39. The lowest BCUT2D eigenvalue weighted by Gasteiger charge is -2.32. The summed E-state index contributed by atoms with van der Waals surface area (Å²) in [5, 5.41) is 5.14. The molecule has 0 N–H and O–H groups in total. The van der Waals surface area contributed by atoms with Gasteiger partial charge in [0.15, 0.2) is 11.5 Å². The fraction of sp³-hybridized carbons (Fsp3) is 0.286. The van der Waals surface area contributed by atoms with Crippen molar-refractivity contribution in [3.63, 3.8) is 0 Å². The molecule has 3 aromatic heterocycles. The van der Waals surface area contributed by atoms with E-state index in [0.717, 1.165) is 12.0 Å². The van der Waals surface area contributed by atoms with Gasteiger partial charge in [0, 0.05) is 53.5 Å². The van der Waals surface area contributed by atoms with Crippen molar-refractivity contribution in [2.45, 2.75) is 52.6 Å². The minimum Gasteiger partial charge on any atom is -0.461 e. The Labute approximate surface area is 270 Å². The maximum absolute atomic E-state index is 14.8. The predicted molar refractivity (Wildman–Crippen MR) is 174 cm³/mol. The smallest absolute Gasteiger partial charge is 0.418 e. The van der Waals surface area contributed by atoms with Gasteiger partial charge in [-0.25, -0.2) is 28.0 Å². The third-order valence-electron chi connectivity index (χ3n) is 7.57. The molecule has 4 aromatic rings. The summed E-state index contributed by atoms with van der Waals surface area (Å²) in [6.07, 6.45) is 11.2. The lowest BCUT2D eigenvalue weighted by Crippen LogP contribution is -2.30. The number of halogens is 2. The monoisotopic (exact) mass is 640 g/mol. The number of aryl methyl sites for hydroxylation is 1. The Morgan fingerprint density at radius 2 is 1.96 bits per heavy atom. The van der Waals surface area contributed by atoms with Crippen LogP contribution in [0.5, 0.6) is 0 Å². The number of esters is 1. The van der Waals surface area contributed by atoms with Crippen molar-refractivity contribution in [2.24, 2.45) is 0 Å². The molecule has 0 unspecified atom stereocenters. The number of carbonyl (C=O) groups is 2. The van der Waals surface area contributed by atoms with Crippen LogP contribution < -0.4 is 4.90 Å². The summed E-state index contributed by atoms with van der Waals surface area (Å²) < 4.78 is 41.8. The van der Waals surface area contributed by atoms with Gasteiger partial charge in [0.2, 0.25) is 0 Å². The van der Waals surface area contributed by atoms with E-state index in [1.165, 1.54) is 21.8 Å². The van der Waals surface area contributed by atoms with Crippen LogP contribution >= 0.6 is 0 Å². The van der Waals surface area contributed by atoms with Crippen LogP contribution in [-0.2, 0) is 15.9 Å². The van der Waals surface area contributed by atoms with Crippen molar-refractivity contribution in [1.29, 1.82) is 0 Å². The molecule has 12 heteroatoms. The summed E-state index contributed by atoms with van der Waals surface area (Å²) in [6.45, 7) is 7.75. The average Bonchev–Trinajstić information content (AvgIpc) is 3.40. The summed E-state index contributed by atoms with van der Waals surface area (Å²) in [5.41, 5.74) is 2.62. The van der Waals surface area contributed by atoms with Crippen molar-refractivity contribution < 1.29 is 27.8 Å². The Balaban J connectivity index is 1.39. The zero-order valence-electron chi connectivity index (χ0n) is 26.5. The van der Waals surface area contributed by atoms with Gasteiger partial charge in [-0.2, -0.15) is 5.10 Å². The molecule has 0 spiro atoms. The summed E-state index contributed by atoms with van der Waals surface area (Å²) in [6, 6.07) is 8.49. The lowest BCUT2D eigenvalue weighted by molar-refractivity contribution is 0.0399. The molecule has 242 valence electrons. The maximum Gasteiger partial charge on any atom is 0.418 e. The zero-order valence-corrected chi connectivity index (χ0v) is 26.5. The van der Waals surface area contributed by atoms with Crippen molar-refractivity contribution in [3.8, 4) is 11.1 Å². The molecule has 2 aliphatic rings. The number of hydrogen-bond donors (Lipinski definition) is 0. The van der Waals surface area contributed by atoms with E-state index in [2.05, 4.69) is 15.1 Å². The van der Waals surface area contributed by atoms with Crippen LogP contribution in [0.2, 0.25) is 0 Å². The Morgan fingerprint density at radius 1 is 1.13 bits per heavy atom. The average molecular weight is 641 g/mol. The molecule has 0 atom stereocenters. The van der Waals surface area contributed by atoms with E-state index in [1.54, 1.807) is 88.9 Å². The predicted octanol–water partition coefficient (Wildman–Crippen LogP) is 7.81. The fourth-order valence-electron chi connectivity index (χ4n) is 5.56. The van der Waals surface area contributed by atoms with Crippen LogP contribution in [0, 0.1) is 0 Å². The first kappa shape index (κ1) is 31.6. The molecule has 0 saturated carbocycles. The van der Waals surface area contributed by atoms with Crippen LogP contribution in [0.4, 0.5) is 25.1 Å². The van der Waals surface area contributed by atoms with Gasteiger partial charge in [-0.1, -0.05) is 12.1 Å². The van der Waals surface area contributed by atoms with Crippen molar-refractivity contribution in [2.75, 3.05) is 18.1 Å². The highest BCUT2D eigenvalue weighted by molar-refractivity contribution is 5.98. The summed E-state index contributed by atoms with van der Waals surface area (Å²) >= 11 is 0. The number of carbonyl (C=O) groups excluding carboxylic acids is 2. The number of benzene rings is 1. The number of hydrogen-bond acceptors (Lipinski definition) is 8. The van der Waals surface area contributed by atoms with Gasteiger partial charge in [-0.3, -0.25) is 9.88 Å². The van der Waals surface area contributed by atoms with E-state index < -0.39 is 24.1 Å². The highest BCUT2D eigenvalue weighted by Crippen LogP contribution is 2.42. The second-order valence-corrected chi connectivity index (χ2v) is 12.1. The van der Waals surface area contributed by atoms with E-state index in [1.807, 2.05) is 11.0 Å². The van der Waals surface area contributed by atoms with Crippen LogP contribution in [0.3, 0.4) is 0 Å². The number of nitrogens with zero attached hydrogens (tertiary/aromatic N) is 6. The van der Waals surface area contributed by atoms with Crippen molar-refractivity contribution in [1.82, 2.24) is 24.6 Å². The minimum absolute atomic E-state index is 0.120. The van der Waals surface area contributed by atoms with Crippen LogP contribution in [0.15, 0.2) is 79.6 Å². The first-order valence-electron chi connectivity index (χ1n) is 15.3. The molecule has 1 amide bonds. The quantitative estimate of drug-likeness (QED) is 0.197. The molecule has 0 saturated heterocycles. The Bertz CT molecular complexity index is 1940. The summed E-state index contributed by atoms with van der Waals surface area (Å²) in [4.78, 5) is 37.7. The Kier molecular flexibility index (Phi) is 8.59. The third kappa shape index (κ3) is 6.62. The number of amides is 1. The molecule has 2 aliphatic heterocycles. The van der Waals surface area contributed by atoms with Crippen LogP contribution in [0.1, 0.15) is 62.2 Å². The first-order valence-corrected chi connectivity index (χ1v) is 15.3. The standard InChI is InChI=1S/C35H34F2N6O4/c1-5-46-33(44)28-17-23-10-8-13-38-30(23)32(40-28)42-15-9-11-22-16-26(27(31(36)37)18-29(22)42)24-19-39-43(20-24)25-12-6-7-14-41(21-25)34(45)47-35(2,3)4/h6-8,10,12-14,16-21,31H,5,9,11,15H2,1-4H3. The molecule has 10 nitrogen and oxygen atoms in total. The maximum atomic E-state index is 14.8. The summed E-state index contributed by atoms with van der Waals surface area (Å²) in [5.74, 6) is -0.163. The molecule has 0 radical (unpaired) electrons. The van der Waals surface area contributed by atoms with Crippen LogP contribution in [0.25, 0.3) is 27.7 Å². The minimum atomic E-state index is -2.79. The molecule has 0 aliphatic carbocycles. The number of anilines is 2. The number of allylic oxidation sites excluding steroid dienone is 4. The number of aromatic nitrogens is 4. The van der Waals surface area contributed by atoms with Gasteiger partial charge in [-0.05, 0) is 88.1 Å². The Morgan fingerprint density at radius 3 is 2.72 bits per heavy atom. The molecule has 0 bridgehead atoms. The van der Waals surface area contributed by atoms with E-state index >= 15 is 0 Å². The molecular formula is C35H34F2N6O4. The molecular weight excluding hydrogens is 606 g/mol.